The summed E-state index contributed by atoms with van der Waals surface area (Å²) < 4.78 is 0. The first-order chi connectivity index (χ1) is 7.81. The minimum atomic E-state index is 0.796. The van der Waals surface area contributed by atoms with E-state index in [4.69, 9.17) is 0 Å². The second-order valence-electron chi connectivity index (χ2n) is 3.89. The Morgan fingerprint density at radius 3 is 2.56 bits per heavy atom. The van der Waals surface area contributed by atoms with Gasteiger partial charge >= 0.3 is 0 Å². The second kappa shape index (κ2) is 4.90. The molecular formula is C14H16N2. The lowest BCUT2D eigenvalue weighted by Crippen LogP contribution is -2.08. The number of pyridine rings is 1. The van der Waals surface area contributed by atoms with E-state index in [0.717, 1.165) is 12.2 Å². The predicted octanol–water partition coefficient (Wildman–Crippen LogP) is 2.78. The van der Waals surface area contributed by atoms with Crippen molar-refractivity contribution in [3.63, 3.8) is 0 Å². The molecule has 0 aliphatic heterocycles. The van der Waals surface area contributed by atoms with Crippen LogP contribution in [0.5, 0.6) is 0 Å². The molecule has 2 heteroatoms. The summed E-state index contributed by atoms with van der Waals surface area (Å²) in [4.78, 5) is 4.40. The molecule has 16 heavy (non-hydrogen) atoms. The summed E-state index contributed by atoms with van der Waals surface area (Å²) in [5.74, 6) is 0. The molecule has 0 radical (unpaired) electrons. The number of hydrogen-bond acceptors (Lipinski definition) is 2. The van der Waals surface area contributed by atoms with Crippen LogP contribution in [-0.4, -0.2) is 12.0 Å². The van der Waals surface area contributed by atoms with E-state index in [1.165, 1.54) is 16.7 Å². The fourth-order valence-electron chi connectivity index (χ4n) is 1.74. The van der Waals surface area contributed by atoms with Crippen LogP contribution in [0.15, 0.2) is 42.6 Å². The number of nitrogens with one attached hydrogen (secondary N) is 1. The van der Waals surface area contributed by atoms with E-state index < -0.39 is 0 Å². The zero-order valence-electron chi connectivity index (χ0n) is 9.70. The first kappa shape index (κ1) is 10.8. The van der Waals surface area contributed by atoms with Gasteiger partial charge in [-0.2, -0.15) is 0 Å². The summed E-state index contributed by atoms with van der Waals surface area (Å²) in [5, 5.41) is 3.14. The Kier molecular flexibility index (Phi) is 3.32. The zero-order valence-corrected chi connectivity index (χ0v) is 9.70. The van der Waals surface area contributed by atoms with Crippen molar-refractivity contribution in [1.82, 2.24) is 10.3 Å². The lowest BCUT2D eigenvalue weighted by atomic mass is 10.0. The molecule has 2 nitrogen and oxygen atoms in total. The first-order valence-corrected chi connectivity index (χ1v) is 5.47. The van der Waals surface area contributed by atoms with Crippen LogP contribution in [0.25, 0.3) is 11.1 Å². The summed E-state index contributed by atoms with van der Waals surface area (Å²) in [6.45, 7) is 2.89. The van der Waals surface area contributed by atoms with Gasteiger partial charge in [0.25, 0.3) is 0 Å². The van der Waals surface area contributed by atoms with Crippen LogP contribution < -0.4 is 5.32 Å². The third-order valence-electron chi connectivity index (χ3n) is 2.60. The predicted molar refractivity (Wildman–Crippen MR) is 67.2 cm³/mol. The van der Waals surface area contributed by atoms with Gasteiger partial charge in [-0.3, -0.25) is 4.98 Å². The highest BCUT2D eigenvalue weighted by Crippen LogP contribution is 2.22. The Labute approximate surface area is 96.4 Å². The highest BCUT2D eigenvalue weighted by atomic mass is 14.8. The van der Waals surface area contributed by atoms with Crippen LogP contribution in [0, 0.1) is 6.92 Å². The SMILES string of the molecule is CNCc1ncccc1-c1ccc(C)cc1. The molecule has 1 N–H and O–H groups in total. The highest BCUT2D eigenvalue weighted by molar-refractivity contribution is 5.65. The van der Waals surface area contributed by atoms with Crippen LogP contribution in [0.1, 0.15) is 11.3 Å². The maximum atomic E-state index is 4.40. The summed E-state index contributed by atoms with van der Waals surface area (Å²) in [5.41, 5.74) is 4.80. The average Bonchev–Trinajstić information content (AvgIpc) is 2.32. The molecule has 0 saturated carbocycles. The summed E-state index contributed by atoms with van der Waals surface area (Å²) in [6, 6.07) is 12.6. The molecule has 1 aromatic heterocycles. The topological polar surface area (TPSA) is 24.9 Å². The molecule has 1 heterocycles. The Morgan fingerprint density at radius 2 is 1.88 bits per heavy atom. The van der Waals surface area contributed by atoms with Gasteiger partial charge in [0.2, 0.25) is 0 Å². The molecule has 0 aliphatic rings. The lowest BCUT2D eigenvalue weighted by Gasteiger charge is -2.08. The van der Waals surface area contributed by atoms with Crippen LogP contribution in [0.4, 0.5) is 0 Å². The van der Waals surface area contributed by atoms with E-state index in [9.17, 15) is 0 Å². The number of benzene rings is 1. The number of rotatable bonds is 3. The van der Waals surface area contributed by atoms with Gasteiger partial charge in [0, 0.05) is 18.3 Å². The Balaban J connectivity index is 2.42. The van der Waals surface area contributed by atoms with Crippen molar-refractivity contribution in [3.8, 4) is 11.1 Å². The smallest absolute Gasteiger partial charge is 0.0619 e. The maximum Gasteiger partial charge on any atom is 0.0619 e. The van der Waals surface area contributed by atoms with Gasteiger partial charge in [-0.25, -0.2) is 0 Å². The van der Waals surface area contributed by atoms with Crippen molar-refractivity contribution in [2.45, 2.75) is 13.5 Å². The van der Waals surface area contributed by atoms with Crippen molar-refractivity contribution >= 4 is 0 Å². The molecule has 2 aromatic rings. The zero-order chi connectivity index (χ0) is 11.4. The molecule has 0 bridgehead atoms. The standard InChI is InChI=1S/C14H16N2/c1-11-5-7-12(8-6-11)13-4-3-9-16-14(13)10-15-2/h3-9,15H,10H2,1-2H3. The average molecular weight is 212 g/mol. The van der Waals surface area contributed by atoms with E-state index in [2.05, 4.69) is 47.6 Å². The van der Waals surface area contributed by atoms with Crippen molar-refractivity contribution in [2.24, 2.45) is 0 Å². The molecule has 0 unspecified atom stereocenters. The molecule has 0 aliphatic carbocycles. The van der Waals surface area contributed by atoms with Gasteiger partial charge in [-0.1, -0.05) is 35.9 Å². The Hall–Kier alpha value is -1.67. The quantitative estimate of drug-likeness (QED) is 0.846. The first-order valence-electron chi connectivity index (χ1n) is 5.47. The normalized spacial score (nSPS) is 10.4. The Bertz CT molecular complexity index is 460. The van der Waals surface area contributed by atoms with Gasteiger partial charge in [-0.05, 0) is 25.6 Å². The summed E-state index contributed by atoms with van der Waals surface area (Å²) >= 11 is 0. The van der Waals surface area contributed by atoms with E-state index in [1.807, 2.05) is 19.3 Å². The van der Waals surface area contributed by atoms with E-state index in [1.54, 1.807) is 0 Å². The van der Waals surface area contributed by atoms with Gasteiger partial charge in [0.15, 0.2) is 0 Å². The molecule has 1 aromatic carbocycles. The van der Waals surface area contributed by atoms with Gasteiger partial charge < -0.3 is 5.32 Å². The molecule has 0 saturated heterocycles. The largest absolute Gasteiger partial charge is 0.314 e. The highest BCUT2D eigenvalue weighted by Gasteiger charge is 2.04. The fourth-order valence-corrected chi connectivity index (χ4v) is 1.74. The summed E-state index contributed by atoms with van der Waals surface area (Å²) in [7, 11) is 1.94. The van der Waals surface area contributed by atoms with Gasteiger partial charge in [0.1, 0.15) is 0 Å². The van der Waals surface area contributed by atoms with Crippen LogP contribution in [-0.2, 0) is 6.54 Å². The minimum Gasteiger partial charge on any atom is -0.314 e. The third-order valence-corrected chi connectivity index (χ3v) is 2.60. The third kappa shape index (κ3) is 2.28. The van der Waals surface area contributed by atoms with Crippen molar-refractivity contribution in [3.05, 3.63) is 53.9 Å². The fraction of sp³-hybridized carbons (Fsp3) is 0.214. The molecule has 0 spiro atoms. The van der Waals surface area contributed by atoms with Crippen LogP contribution in [0.3, 0.4) is 0 Å². The van der Waals surface area contributed by atoms with Crippen molar-refractivity contribution in [1.29, 1.82) is 0 Å². The second-order valence-corrected chi connectivity index (χ2v) is 3.89. The molecule has 2 rings (SSSR count). The minimum absolute atomic E-state index is 0.796. The summed E-state index contributed by atoms with van der Waals surface area (Å²) in [6.07, 6.45) is 1.84. The van der Waals surface area contributed by atoms with Crippen LogP contribution in [0.2, 0.25) is 0 Å². The monoisotopic (exact) mass is 212 g/mol. The lowest BCUT2D eigenvalue weighted by molar-refractivity contribution is 0.793. The number of aryl methyl sites for hydroxylation is 1. The molecule has 0 atom stereocenters. The molecular weight excluding hydrogens is 196 g/mol. The van der Waals surface area contributed by atoms with E-state index in [-0.39, 0.29) is 0 Å². The number of nitrogens with zero attached hydrogens (tertiary/aromatic N) is 1. The Morgan fingerprint density at radius 1 is 1.12 bits per heavy atom. The van der Waals surface area contributed by atoms with E-state index >= 15 is 0 Å². The van der Waals surface area contributed by atoms with Crippen molar-refractivity contribution in [2.75, 3.05) is 7.05 Å². The molecule has 0 amide bonds. The van der Waals surface area contributed by atoms with Crippen molar-refractivity contribution < 1.29 is 0 Å². The number of aromatic nitrogens is 1. The molecule has 82 valence electrons. The maximum absolute atomic E-state index is 4.40. The molecule has 0 fully saturated rings. The van der Waals surface area contributed by atoms with Gasteiger partial charge in [0.05, 0.1) is 5.69 Å². The van der Waals surface area contributed by atoms with Gasteiger partial charge in [-0.15, -0.1) is 0 Å². The van der Waals surface area contributed by atoms with Crippen LogP contribution >= 0.6 is 0 Å². The number of hydrogen-bond donors (Lipinski definition) is 1. The van der Waals surface area contributed by atoms with E-state index in [0.29, 0.717) is 0 Å².